The van der Waals surface area contributed by atoms with Crippen molar-refractivity contribution in [1.29, 1.82) is 0 Å². The van der Waals surface area contributed by atoms with Gasteiger partial charge in [0.15, 0.2) is 0 Å². The van der Waals surface area contributed by atoms with Crippen molar-refractivity contribution < 1.29 is 0 Å². The van der Waals surface area contributed by atoms with Crippen LogP contribution in [0.25, 0.3) is 0 Å². The predicted molar refractivity (Wildman–Crippen MR) is 61.1 cm³/mol. The van der Waals surface area contributed by atoms with E-state index in [2.05, 4.69) is 41.2 Å². The highest BCUT2D eigenvalue weighted by molar-refractivity contribution is 5.79. The lowest BCUT2D eigenvalue weighted by Gasteiger charge is -2.24. The van der Waals surface area contributed by atoms with Crippen LogP contribution < -0.4 is 11.3 Å². The lowest BCUT2D eigenvalue weighted by molar-refractivity contribution is 0.349. The molecule has 3 N–H and O–H groups in total. The summed E-state index contributed by atoms with van der Waals surface area (Å²) in [7, 11) is 5.89. The Labute approximate surface area is 86.9 Å². The summed E-state index contributed by atoms with van der Waals surface area (Å²) < 4.78 is 0. The topological polar surface area (TPSA) is 56.9 Å². The third-order valence-electron chi connectivity index (χ3n) is 2.06. The highest BCUT2D eigenvalue weighted by atomic mass is 15.4. The molecule has 0 rings (SSSR count). The van der Waals surface area contributed by atoms with Gasteiger partial charge in [-0.05, 0) is 34.0 Å². The van der Waals surface area contributed by atoms with E-state index < -0.39 is 0 Å². The number of aliphatic imine (C=N–C) groups is 1. The fraction of sp³-hybridized carbons (Fsp3) is 0.889. The van der Waals surface area contributed by atoms with Crippen molar-refractivity contribution in [3.05, 3.63) is 0 Å². The Bertz CT molecular complexity index is 167. The summed E-state index contributed by atoms with van der Waals surface area (Å²) in [5.74, 6) is 6.11. The van der Waals surface area contributed by atoms with E-state index in [4.69, 9.17) is 5.84 Å². The normalized spacial score (nSPS) is 12.0. The molecule has 0 aliphatic heterocycles. The molecule has 0 aliphatic rings. The van der Waals surface area contributed by atoms with Gasteiger partial charge in [0, 0.05) is 20.1 Å². The standard InChI is InChI=1S/C9H23N5/c1-5-14(9(11-2)12-10)8-6-7-13(3)4/h5-8,10H2,1-4H3,(H,11,12). The van der Waals surface area contributed by atoms with Crippen molar-refractivity contribution in [3.63, 3.8) is 0 Å². The SMILES string of the molecule is CCN(CCCN(C)C)C(=NC)NN. The zero-order chi connectivity index (χ0) is 11.0. The Morgan fingerprint density at radius 1 is 1.36 bits per heavy atom. The molecule has 14 heavy (non-hydrogen) atoms. The Hall–Kier alpha value is -0.810. The van der Waals surface area contributed by atoms with Crippen LogP contribution in [-0.4, -0.2) is 56.5 Å². The molecule has 0 radical (unpaired) electrons. The fourth-order valence-corrected chi connectivity index (χ4v) is 1.29. The van der Waals surface area contributed by atoms with Gasteiger partial charge in [0.05, 0.1) is 0 Å². The maximum absolute atomic E-state index is 5.36. The van der Waals surface area contributed by atoms with Crippen molar-refractivity contribution in [2.24, 2.45) is 10.8 Å². The summed E-state index contributed by atoms with van der Waals surface area (Å²) in [6.07, 6.45) is 1.11. The van der Waals surface area contributed by atoms with E-state index in [9.17, 15) is 0 Å². The minimum atomic E-state index is 0.756. The molecule has 0 saturated heterocycles. The Morgan fingerprint density at radius 3 is 2.36 bits per heavy atom. The van der Waals surface area contributed by atoms with Gasteiger partial charge >= 0.3 is 0 Å². The summed E-state index contributed by atoms with van der Waals surface area (Å²) in [4.78, 5) is 8.37. The van der Waals surface area contributed by atoms with Crippen molar-refractivity contribution in [2.45, 2.75) is 13.3 Å². The monoisotopic (exact) mass is 201 g/mol. The van der Waals surface area contributed by atoms with Crippen molar-refractivity contribution in [2.75, 3.05) is 40.8 Å². The second-order valence-electron chi connectivity index (χ2n) is 3.43. The summed E-state index contributed by atoms with van der Waals surface area (Å²) in [5, 5.41) is 0. The zero-order valence-corrected chi connectivity index (χ0v) is 9.75. The molecule has 0 heterocycles. The molecule has 0 unspecified atom stereocenters. The first-order valence-electron chi connectivity index (χ1n) is 4.98. The molecule has 0 aliphatic carbocycles. The van der Waals surface area contributed by atoms with Crippen LogP contribution in [0.3, 0.4) is 0 Å². The van der Waals surface area contributed by atoms with Crippen molar-refractivity contribution in [1.82, 2.24) is 15.2 Å². The van der Waals surface area contributed by atoms with Gasteiger partial charge in [0.1, 0.15) is 0 Å². The van der Waals surface area contributed by atoms with Gasteiger partial charge < -0.3 is 9.80 Å². The molecule has 5 nitrogen and oxygen atoms in total. The van der Waals surface area contributed by atoms with Crippen LogP contribution in [0.15, 0.2) is 4.99 Å². The molecule has 0 amide bonds. The van der Waals surface area contributed by atoms with Gasteiger partial charge in [-0.3, -0.25) is 10.4 Å². The van der Waals surface area contributed by atoms with Gasteiger partial charge in [-0.15, -0.1) is 0 Å². The Balaban J connectivity index is 3.90. The first-order valence-corrected chi connectivity index (χ1v) is 4.98. The van der Waals surface area contributed by atoms with Crippen molar-refractivity contribution in [3.8, 4) is 0 Å². The van der Waals surface area contributed by atoms with Crippen LogP contribution in [0.5, 0.6) is 0 Å². The molecular formula is C9H23N5. The molecule has 0 fully saturated rings. The second-order valence-corrected chi connectivity index (χ2v) is 3.43. The average Bonchev–Trinajstić information content (AvgIpc) is 2.16. The minimum absolute atomic E-state index is 0.756. The Morgan fingerprint density at radius 2 is 2.00 bits per heavy atom. The van der Waals surface area contributed by atoms with Crippen LogP contribution in [0.2, 0.25) is 0 Å². The molecule has 84 valence electrons. The molecule has 0 aromatic rings. The molecule has 0 aromatic carbocycles. The highest BCUT2D eigenvalue weighted by Gasteiger charge is 2.06. The molecule has 0 aromatic heterocycles. The van der Waals surface area contributed by atoms with Gasteiger partial charge in [0.2, 0.25) is 5.96 Å². The largest absolute Gasteiger partial charge is 0.342 e. The van der Waals surface area contributed by atoms with Crippen LogP contribution in [-0.2, 0) is 0 Å². The maximum Gasteiger partial charge on any atom is 0.208 e. The molecule has 5 heteroatoms. The quantitative estimate of drug-likeness (QED) is 0.278. The second kappa shape index (κ2) is 7.58. The number of nitrogens with one attached hydrogen (secondary N) is 1. The zero-order valence-electron chi connectivity index (χ0n) is 9.75. The predicted octanol–water partition coefficient (Wildman–Crippen LogP) is -0.291. The van der Waals surface area contributed by atoms with Gasteiger partial charge in [0.25, 0.3) is 0 Å². The van der Waals surface area contributed by atoms with E-state index in [1.165, 1.54) is 0 Å². The van der Waals surface area contributed by atoms with Crippen molar-refractivity contribution >= 4 is 5.96 Å². The van der Waals surface area contributed by atoms with E-state index in [0.29, 0.717) is 0 Å². The van der Waals surface area contributed by atoms with Gasteiger partial charge in [-0.2, -0.15) is 0 Å². The lowest BCUT2D eigenvalue weighted by Crippen LogP contribution is -2.45. The number of hydrazine groups is 1. The number of nitrogens with zero attached hydrogens (tertiary/aromatic N) is 3. The maximum atomic E-state index is 5.36. The summed E-state index contributed by atoms with van der Waals surface area (Å²) in [5.41, 5.74) is 2.60. The molecule has 0 spiro atoms. The smallest absolute Gasteiger partial charge is 0.208 e. The van der Waals surface area contributed by atoms with E-state index in [1.807, 2.05) is 0 Å². The van der Waals surface area contributed by atoms with Crippen LogP contribution >= 0.6 is 0 Å². The van der Waals surface area contributed by atoms with E-state index >= 15 is 0 Å². The summed E-state index contributed by atoms with van der Waals surface area (Å²) in [6.45, 7) is 5.08. The number of hydrogen-bond acceptors (Lipinski definition) is 3. The molecule has 0 saturated carbocycles. The first-order chi connectivity index (χ1) is 6.65. The third kappa shape index (κ3) is 5.04. The van der Waals surface area contributed by atoms with Crippen LogP contribution in [0.1, 0.15) is 13.3 Å². The number of rotatable bonds is 5. The number of nitrogens with two attached hydrogens (primary N) is 1. The summed E-state index contributed by atoms with van der Waals surface area (Å²) >= 11 is 0. The molecule has 0 bridgehead atoms. The third-order valence-corrected chi connectivity index (χ3v) is 2.06. The summed E-state index contributed by atoms with van der Waals surface area (Å²) in [6, 6.07) is 0. The number of hydrogen-bond donors (Lipinski definition) is 2. The first kappa shape index (κ1) is 13.2. The van der Waals surface area contributed by atoms with Gasteiger partial charge in [-0.25, -0.2) is 5.84 Å². The fourth-order valence-electron chi connectivity index (χ4n) is 1.29. The molecule has 0 atom stereocenters. The van der Waals surface area contributed by atoms with E-state index in [1.54, 1.807) is 7.05 Å². The van der Waals surface area contributed by atoms with E-state index in [0.717, 1.165) is 32.0 Å². The van der Waals surface area contributed by atoms with Crippen LogP contribution in [0, 0.1) is 0 Å². The van der Waals surface area contributed by atoms with E-state index in [-0.39, 0.29) is 0 Å². The molecular weight excluding hydrogens is 178 g/mol. The highest BCUT2D eigenvalue weighted by Crippen LogP contribution is 1.93. The Kier molecular flexibility index (Phi) is 7.14. The lowest BCUT2D eigenvalue weighted by atomic mass is 10.3. The average molecular weight is 201 g/mol. The number of guanidine groups is 1. The van der Waals surface area contributed by atoms with Gasteiger partial charge in [-0.1, -0.05) is 0 Å². The van der Waals surface area contributed by atoms with Crippen LogP contribution in [0.4, 0.5) is 0 Å². The minimum Gasteiger partial charge on any atom is -0.342 e.